The number of thiophene rings is 1. The Morgan fingerprint density at radius 2 is 2.04 bits per heavy atom. The highest BCUT2D eigenvalue weighted by molar-refractivity contribution is 7.11. The molecule has 3 atom stereocenters. The summed E-state index contributed by atoms with van der Waals surface area (Å²) < 4.78 is 22.2. The Kier molecular flexibility index (Phi) is 5.34. The number of Topliss-reactive ketones (excluding diaryl/α,β-unsaturated/α-hetero) is 1. The van der Waals surface area contributed by atoms with Crippen molar-refractivity contribution >= 4 is 23.1 Å². The maximum atomic E-state index is 12.8. The average molecular weight is 400 g/mol. The van der Waals surface area contributed by atoms with Crippen molar-refractivity contribution in [2.75, 3.05) is 7.11 Å². The Bertz CT molecular complexity index is 888. The molecule has 1 saturated carbocycles. The van der Waals surface area contributed by atoms with Gasteiger partial charge in [-0.05, 0) is 36.4 Å². The minimum atomic E-state index is -0.321. The van der Waals surface area contributed by atoms with E-state index in [1.807, 2.05) is 11.4 Å². The summed E-state index contributed by atoms with van der Waals surface area (Å²) in [6, 6.07) is 10.6. The molecule has 1 aliphatic carbocycles. The second-order valence-electron chi connectivity index (χ2n) is 6.73. The molecule has 0 saturated heterocycles. The molecule has 28 heavy (non-hydrogen) atoms. The Balaban J connectivity index is 1.39. The molecular formula is C21H20O6S. The van der Waals surface area contributed by atoms with Gasteiger partial charge in [-0.25, -0.2) is 4.79 Å². The first-order chi connectivity index (χ1) is 13.6. The lowest BCUT2D eigenvalue weighted by Crippen LogP contribution is -2.43. The van der Waals surface area contributed by atoms with E-state index in [-0.39, 0.29) is 35.6 Å². The first kappa shape index (κ1) is 18.6. The predicted molar refractivity (Wildman–Crippen MR) is 102 cm³/mol. The van der Waals surface area contributed by atoms with Gasteiger partial charge in [-0.2, -0.15) is 0 Å². The molecule has 146 valence electrons. The van der Waals surface area contributed by atoms with Crippen molar-refractivity contribution < 1.29 is 28.5 Å². The van der Waals surface area contributed by atoms with Gasteiger partial charge in [0, 0.05) is 12.5 Å². The molecule has 0 amide bonds. The van der Waals surface area contributed by atoms with Gasteiger partial charge in [0.2, 0.25) is 11.5 Å². The molecule has 1 aromatic carbocycles. The van der Waals surface area contributed by atoms with Crippen molar-refractivity contribution in [3.05, 3.63) is 58.7 Å². The van der Waals surface area contributed by atoms with E-state index < -0.39 is 0 Å². The van der Waals surface area contributed by atoms with Gasteiger partial charge in [-0.15, -0.1) is 11.3 Å². The van der Waals surface area contributed by atoms with Crippen molar-refractivity contribution in [1.82, 2.24) is 0 Å². The van der Waals surface area contributed by atoms with Crippen LogP contribution in [0.1, 0.15) is 28.9 Å². The molecule has 0 bridgehead atoms. The Hall–Kier alpha value is -2.80. The minimum absolute atomic E-state index is 0.0814. The minimum Gasteiger partial charge on any atom is -0.497 e. The number of carbonyl (C=O) groups is 2. The SMILES string of the molecule is COc1cccc(OC2=COC3CC(OC(=O)c4cccs4)CCC3C2=O)c1. The summed E-state index contributed by atoms with van der Waals surface area (Å²) in [5.74, 6) is 0.652. The first-order valence-electron chi connectivity index (χ1n) is 9.10. The average Bonchev–Trinajstić information content (AvgIpc) is 3.25. The monoisotopic (exact) mass is 400 g/mol. The third kappa shape index (κ3) is 3.89. The van der Waals surface area contributed by atoms with E-state index in [1.54, 1.807) is 37.4 Å². The van der Waals surface area contributed by atoms with Crippen LogP contribution in [0.25, 0.3) is 0 Å². The molecule has 6 nitrogen and oxygen atoms in total. The maximum absolute atomic E-state index is 12.8. The highest BCUT2D eigenvalue weighted by Gasteiger charge is 2.42. The van der Waals surface area contributed by atoms with Crippen molar-refractivity contribution in [2.45, 2.75) is 31.5 Å². The lowest BCUT2D eigenvalue weighted by Gasteiger charge is -2.36. The van der Waals surface area contributed by atoms with Gasteiger partial charge >= 0.3 is 5.97 Å². The smallest absolute Gasteiger partial charge is 0.348 e. The van der Waals surface area contributed by atoms with Gasteiger partial charge < -0.3 is 18.9 Å². The Morgan fingerprint density at radius 3 is 2.82 bits per heavy atom. The van der Waals surface area contributed by atoms with Gasteiger partial charge in [0.1, 0.15) is 34.8 Å². The summed E-state index contributed by atoms with van der Waals surface area (Å²) in [7, 11) is 1.57. The molecule has 0 N–H and O–H groups in total. The molecule has 4 rings (SSSR count). The third-order valence-corrected chi connectivity index (χ3v) is 5.79. The predicted octanol–water partition coefficient (Wildman–Crippen LogP) is 3.97. The van der Waals surface area contributed by atoms with Crippen LogP contribution >= 0.6 is 11.3 Å². The van der Waals surface area contributed by atoms with Crippen LogP contribution in [0.5, 0.6) is 11.5 Å². The molecular weight excluding hydrogens is 380 g/mol. The van der Waals surface area contributed by atoms with Gasteiger partial charge in [-0.3, -0.25) is 4.79 Å². The van der Waals surface area contributed by atoms with Crippen LogP contribution in [0.15, 0.2) is 53.8 Å². The lowest BCUT2D eigenvalue weighted by molar-refractivity contribution is -0.132. The molecule has 2 aliphatic rings. The summed E-state index contributed by atoms with van der Waals surface area (Å²) in [6.07, 6.45) is 2.52. The van der Waals surface area contributed by atoms with Crippen molar-refractivity contribution in [2.24, 2.45) is 5.92 Å². The fourth-order valence-electron chi connectivity index (χ4n) is 3.51. The maximum Gasteiger partial charge on any atom is 0.348 e. The zero-order chi connectivity index (χ0) is 19.5. The number of ketones is 1. The molecule has 0 spiro atoms. The first-order valence-corrected chi connectivity index (χ1v) is 9.98. The third-order valence-electron chi connectivity index (χ3n) is 4.94. The van der Waals surface area contributed by atoms with Crippen LogP contribution in [-0.2, 0) is 14.3 Å². The zero-order valence-corrected chi connectivity index (χ0v) is 16.1. The lowest BCUT2D eigenvalue weighted by atomic mass is 9.80. The number of esters is 1. The number of hydrogen-bond acceptors (Lipinski definition) is 7. The van der Waals surface area contributed by atoms with Crippen molar-refractivity contribution in [3.63, 3.8) is 0 Å². The van der Waals surface area contributed by atoms with Crippen LogP contribution < -0.4 is 9.47 Å². The van der Waals surface area contributed by atoms with Crippen LogP contribution in [0.4, 0.5) is 0 Å². The van der Waals surface area contributed by atoms with Gasteiger partial charge in [0.05, 0.1) is 13.0 Å². The standard InChI is InChI=1S/C21H20O6S/c1-24-13-4-2-5-14(10-13)26-18-12-25-17-11-15(7-8-16(17)20(18)22)27-21(23)19-6-3-9-28-19/h2-6,9-10,12,15-17H,7-8,11H2,1H3. The number of benzene rings is 1. The highest BCUT2D eigenvalue weighted by atomic mass is 32.1. The van der Waals surface area contributed by atoms with E-state index in [0.717, 1.165) is 0 Å². The van der Waals surface area contributed by atoms with Crippen molar-refractivity contribution in [1.29, 1.82) is 0 Å². The van der Waals surface area contributed by atoms with E-state index in [2.05, 4.69) is 0 Å². The van der Waals surface area contributed by atoms with Gasteiger partial charge in [-0.1, -0.05) is 12.1 Å². The normalized spacial score (nSPS) is 23.8. The topological polar surface area (TPSA) is 71.1 Å². The zero-order valence-electron chi connectivity index (χ0n) is 15.3. The summed E-state index contributed by atoms with van der Waals surface area (Å²) >= 11 is 1.35. The number of methoxy groups -OCH3 is 1. The van der Waals surface area contributed by atoms with E-state index >= 15 is 0 Å². The number of hydrogen-bond donors (Lipinski definition) is 0. The summed E-state index contributed by atoms with van der Waals surface area (Å²) in [5, 5.41) is 1.84. The largest absolute Gasteiger partial charge is 0.497 e. The second-order valence-corrected chi connectivity index (χ2v) is 7.67. The van der Waals surface area contributed by atoms with E-state index in [9.17, 15) is 9.59 Å². The van der Waals surface area contributed by atoms with Gasteiger partial charge in [0.25, 0.3) is 0 Å². The quantitative estimate of drug-likeness (QED) is 0.708. The molecule has 2 aromatic rings. The van der Waals surface area contributed by atoms with Crippen molar-refractivity contribution in [3.8, 4) is 11.5 Å². The number of carbonyl (C=O) groups excluding carboxylic acids is 2. The fourth-order valence-corrected chi connectivity index (χ4v) is 4.12. The van der Waals surface area contributed by atoms with Gasteiger partial charge in [0.15, 0.2) is 0 Å². The molecule has 0 radical (unpaired) electrons. The van der Waals surface area contributed by atoms with Crippen LogP contribution in [0, 0.1) is 5.92 Å². The Labute approximate surface area is 166 Å². The molecule has 7 heteroatoms. The second kappa shape index (κ2) is 8.06. The summed E-state index contributed by atoms with van der Waals surface area (Å²) in [5.41, 5.74) is 0. The number of ether oxygens (including phenoxy) is 4. The van der Waals surface area contributed by atoms with E-state index in [1.165, 1.54) is 17.6 Å². The molecule has 2 heterocycles. The number of rotatable bonds is 5. The molecule has 1 fully saturated rings. The molecule has 3 unspecified atom stereocenters. The van der Waals surface area contributed by atoms with Crippen LogP contribution in [0.2, 0.25) is 0 Å². The van der Waals surface area contributed by atoms with E-state index in [4.69, 9.17) is 18.9 Å². The fraction of sp³-hybridized carbons (Fsp3) is 0.333. The molecule has 1 aliphatic heterocycles. The number of fused-ring (bicyclic) bond motifs is 1. The highest BCUT2D eigenvalue weighted by Crippen LogP contribution is 2.35. The Morgan fingerprint density at radius 1 is 1.18 bits per heavy atom. The molecule has 1 aromatic heterocycles. The van der Waals surface area contributed by atoms with E-state index in [0.29, 0.717) is 35.6 Å². The van der Waals surface area contributed by atoms with Crippen LogP contribution in [-0.4, -0.2) is 31.1 Å². The summed E-state index contributed by atoms with van der Waals surface area (Å²) in [4.78, 5) is 25.5. The number of allylic oxidation sites excluding steroid dienone is 1. The summed E-state index contributed by atoms with van der Waals surface area (Å²) in [6.45, 7) is 0. The van der Waals surface area contributed by atoms with Crippen LogP contribution in [0.3, 0.4) is 0 Å².